The van der Waals surface area contributed by atoms with Gasteiger partial charge in [-0.2, -0.15) is 0 Å². The Kier molecular flexibility index (Phi) is 2.85. The average Bonchev–Trinajstić information content (AvgIpc) is 1.69. The van der Waals surface area contributed by atoms with E-state index < -0.39 is 0 Å². The van der Waals surface area contributed by atoms with Crippen LogP contribution in [-0.2, 0) is 0 Å². The maximum atomic E-state index is 7.11. The van der Waals surface area contributed by atoms with Crippen LogP contribution in [0, 0.1) is 5.41 Å². The summed E-state index contributed by atoms with van der Waals surface area (Å²) < 4.78 is 0. The fraction of sp³-hybridized carbons (Fsp3) is 0.286. The summed E-state index contributed by atoms with van der Waals surface area (Å²) in [6.07, 6.45) is 3.55. The second kappa shape index (κ2) is 3.19. The van der Waals surface area contributed by atoms with Gasteiger partial charge in [-0.1, -0.05) is 18.7 Å². The summed E-state index contributed by atoms with van der Waals surface area (Å²) in [5.41, 5.74) is 1.48. The Morgan fingerprint density at radius 1 is 1.62 bits per heavy atom. The molecule has 0 atom stereocenters. The molecule has 44 valence electrons. The van der Waals surface area contributed by atoms with Crippen LogP contribution in [0.2, 0.25) is 0 Å². The van der Waals surface area contributed by atoms with E-state index in [4.69, 9.17) is 5.41 Å². The van der Waals surface area contributed by atoms with Crippen molar-refractivity contribution in [1.29, 1.82) is 5.41 Å². The van der Waals surface area contributed by atoms with Crippen LogP contribution in [0.3, 0.4) is 0 Å². The van der Waals surface area contributed by atoms with Crippen molar-refractivity contribution in [3.05, 3.63) is 24.3 Å². The molecule has 0 saturated carbocycles. The van der Waals surface area contributed by atoms with Gasteiger partial charge in [0, 0.05) is 5.71 Å². The topological polar surface area (TPSA) is 23.9 Å². The van der Waals surface area contributed by atoms with Crippen LogP contribution >= 0.6 is 0 Å². The lowest BCUT2D eigenvalue weighted by molar-refractivity contribution is 1.46. The second-order valence-corrected chi connectivity index (χ2v) is 1.57. The zero-order chi connectivity index (χ0) is 6.57. The van der Waals surface area contributed by atoms with Gasteiger partial charge in [0.25, 0.3) is 0 Å². The maximum absolute atomic E-state index is 7.11. The molecule has 0 aromatic rings. The molecular formula is C7H11N. The molecule has 0 aromatic heterocycles. The maximum Gasteiger partial charge on any atom is 0.0351 e. The van der Waals surface area contributed by atoms with Gasteiger partial charge in [-0.15, -0.1) is 0 Å². The molecule has 0 amide bonds. The Morgan fingerprint density at radius 2 is 2.12 bits per heavy atom. The molecule has 0 aliphatic rings. The summed E-state index contributed by atoms with van der Waals surface area (Å²) >= 11 is 0. The zero-order valence-corrected chi connectivity index (χ0v) is 5.36. The van der Waals surface area contributed by atoms with Crippen LogP contribution in [0.1, 0.15) is 13.8 Å². The van der Waals surface area contributed by atoms with Gasteiger partial charge >= 0.3 is 0 Å². The number of hydrogen-bond donors (Lipinski definition) is 1. The average molecular weight is 109 g/mol. The fourth-order valence-electron chi connectivity index (χ4n) is 0.487. The lowest BCUT2D eigenvalue weighted by Crippen LogP contribution is -1.88. The van der Waals surface area contributed by atoms with Crippen LogP contribution in [0.25, 0.3) is 0 Å². The highest BCUT2D eigenvalue weighted by Gasteiger charge is 1.87. The number of hydrogen-bond acceptors (Lipinski definition) is 1. The van der Waals surface area contributed by atoms with E-state index in [0.717, 1.165) is 5.57 Å². The van der Waals surface area contributed by atoms with Crippen LogP contribution in [0.15, 0.2) is 24.3 Å². The number of allylic oxidation sites excluding steroid dienone is 3. The number of nitrogens with one attached hydrogen (secondary N) is 1. The normalized spacial score (nSPS) is 11.0. The molecule has 0 fully saturated rings. The Balaban J connectivity index is 4.13. The van der Waals surface area contributed by atoms with E-state index >= 15 is 0 Å². The van der Waals surface area contributed by atoms with Crippen molar-refractivity contribution in [3.8, 4) is 0 Å². The van der Waals surface area contributed by atoms with Crippen molar-refractivity contribution >= 4 is 5.71 Å². The van der Waals surface area contributed by atoms with E-state index in [9.17, 15) is 0 Å². The summed E-state index contributed by atoms with van der Waals surface area (Å²) in [5.74, 6) is 0. The minimum Gasteiger partial charge on any atom is -0.305 e. The molecule has 0 heterocycles. The van der Waals surface area contributed by atoms with Crippen LogP contribution < -0.4 is 0 Å². The summed E-state index contributed by atoms with van der Waals surface area (Å²) in [6, 6.07) is 0. The van der Waals surface area contributed by atoms with Crippen molar-refractivity contribution in [2.24, 2.45) is 0 Å². The highest BCUT2D eigenvalue weighted by molar-refractivity contribution is 5.97. The van der Waals surface area contributed by atoms with E-state index in [2.05, 4.69) is 6.58 Å². The molecule has 0 saturated heterocycles. The third kappa shape index (κ3) is 1.73. The SMILES string of the molecule is C=C/C(=C/C)C(C)=N. The van der Waals surface area contributed by atoms with Gasteiger partial charge in [-0.3, -0.25) is 0 Å². The first-order valence-electron chi connectivity index (χ1n) is 2.56. The Bertz CT molecular complexity index is 131. The standard InChI is InChI=1S/C7H11N/c1-4-7(5-2)6(3)8/h4-5,8H,1H2,2-3H3/b7-5-,8-6?. The van der Waals surface area contributed by atoms with E-state index in [-0.39, 0.29) is 0 Å². The van der Waals surface area contributed by atoms with Gasteiger partial charge in [-0.05, 0) is 19.4 Å². The predicted molar refractivity (Wildman–Crippen MR) is 37.4 cm³/mol. The molecule has 0 aliphatic carbocycles. The lowest BCUT2D eigenvalue weighted by Gasteiger charge is -1.92. The van der Waals surface area contributed by atoms with Crippen LogP contribution in [-0.4, -0.2) is 5.71 Å². The smallest absolute Gasteiger partial charge is 0.0351 e. The van der Waals surface area contributed by atoms with Crippen molar-refractivity contribution in [1.82, 2.24) is 0 Å². The van der Waals surface area contributed by atoms with Crippen molar-refractivity contribution < 1.29 is 0 Å². The van der Waals surface area contributed by atoms with Crippen LogP contribution in [0.5, 0.6) is 0 Å². The molecule has 0 radical (unpaired) electrons. The third-order valence-corrected chi connectivity index (χ3v) is 0.964. The van der Waals surface area contributed by atoms with Gasteiger partial charge in [-0.25, -0.2) is 0 Å². The van der Waals surface area contributed by atoms with E-state index in [1.54, 1.807) is 13.0 Å². The zero-order valence-electron chi connectivity index (χ0n) is 5.36. The fourth-order valence-corrected chi connectivity index (χ4v) is 0.487. The molecule has 0 aliphatic heterocycles. The van der Waals surface area contributed by atoms with E-state index in [1.807, 2.05) is 13.0 Å². The Morgan fingerprint density at radius 3 is 2.12 bits per heavy atom. The van der Waals surface area contributed by atoms with Gasteiger partial charge in [0.05, 0.1) is 0 Å². The molecule has 0 bridgehead atoms. The molecule has 1 N–H and O–H groups in total. The Labute approximate surface area is 50.2 Å². The first-order chi connectivity index (χ1) is 3.72. The lowest BCUT2D eigenvalue weighted by atomic mass is 10.2. The van der Waals surface area contributed by atoms with Gasteiger partial charge < -0.3 is 5.41 Å². The number of rotatable bonds is 2. The molecule has 0 aromatic carbocycles. The molecule has 1 nitrogen and oxygen atoms in total. The summed E-state index contributed by atoms with van der Waals surface area (Å²) in [7, 11) is 0. The molecule has 0 rings (SSSR count). The van der Waals surface area contributed by atoms with E-state index in [1.165, 1.54) is 0 Å². The third-order valence-electron chi connectivity index (χ3n) is 0.964. The largest absolute Gasteiger partial charge is 0.305 e. The highest BCUT2D eigenvalue weighted by atomic mass is 14.4. The molecule has 1 heteroatoms. The second-order valence-electron chi connectivity index (χ2n) is 1.57. The predicted octanol–water partition coefficient (Wildman–Crippen LogP) is 2.16. The van der Waals surface area contributed by atoms with Gasteiger partial charge in [0.1, 0.15) is 0 Å². The Hall–Kier alpha value is -0.850. The molecule has 8 heavy (non-hydrogen) atoms. The summed E-state index contributed by atoms with van der Waals surface area (Å²) in [5, 5.41) is 7.11. The quantitative estimate of drug-likeness (QED) is 0.415. The molecular weight excluding hydrogens is 98.1 g/mol. The minimum atomic E-state index is 0.572. The summed E-state index contributed by atoms with van der Waals surface area (Å²) in [4.78, 5) is 0. The van der Waals surface area contributed by atoms with Gasteiger partial charge in [0.2, 0.25) is 0 Å². The van der Waals surface area contributed by atoms with Crippen LogP contribution in [0.4, 0.5) is 0 Å². The minimum absolute atomic E-state index is 0.572. The first-order valence-corrected chi connectivity index (χ1v) is 2.56. The molecule has 0 spiro atoms. The monoisotopic (exact) mass is 109 g/mol. The first kappa shape index (κ1) is 7.15. The summed E-state index contributed by atoms with van der Waals surface area (Å²) in [6.45, 7) is 7.19. The van der Waals surface area contributed by atoms with E-state index in [0.29, 0.717) is 5.71 Å². The highest BCUT2D eigenvalue weighted by Crippen LogP contribution is 1.95. The van der Waals surface area contributed by atoms with Crippen molar-refractivity contribution in [2.75, 3.05) is 0 Å². The van der Waals surface area contributed by atoms with Gasteiger partial charge in [0.15, 0.2) is 0 Å². The van der Waals surface area contributed by atoms with Crippen molar-refractivity contribution in [2.45, 2.75) is 13.8 Å². The van der Waals surface area contributed by atoms with Crippen molar-refractivity contribution in [3.63, 3.8) is 0 Å². The molecule has 0 unspecified atom stereocenters.